The van der Waals surface area contributed by atoms with Gasteiger partial charge in [-0.3, -0.25) is 14.5 Å². The van der Waals surface area contributed by atoms with Crippen molar-refractivity contribution in [1.29, 1.82) is 0 Å². The van der Waals surface area contributed by atoms with E-state index in [-0.39, 0.29) is 41.5 Å². The van der Waals surface area contributed by atoms with Crippen molar-refractivity contribution in [3.05, 3.63) is 53.6 Å². The lowest BCUT2D eigenvalue weighted by molar-refractivity contribution is -0.165. The maximum atomic E-state index is 13.7. The molecule has 2 aromatic rings. The Hall–Kier alpha value is -3.34. The van der Waals surface area contributed by atoms with E-state index in [2.05, 4.69) is 17.1 Å². The number of nitrogens with zero attached hydrogens (tertiary/aromatic N) is 2. The molecule has 5 rings (SSSR count). The van der Waals surface area contributed by atoms with Gasteiger partial charge >= 0.3 is 5.97 Å². The van der Waals surface area contributed by atoms with Crippen molar-refractivity contribution in [2.75, 3.05) is 19.6 Å². The van der Waals surface area contributed by atoms with Crippen LogP contribution in [0.25, 0.3) is 0 Å². The number of aliphatic hydroxyl groups is 1. The van der Waals surface area contributed by atoms with Gasteiger partial charge in [0.05, 0.1) is 6.10 Å². The minimum absolute atomic E-state index is 0. The SMILES string of the molecule is CCCCN1C(=O)[C@@H]([C@H](O)C2CCCC2)NC(=O)C12CCN(Cc1ccc(Oc3ccc(C(=O)O)c(O)c3)cc1)CC2.Cl. The van der Waals surface area contributed by atoms with Crippen LogP contribution < -0.4 is 10.1 Å². The summed E-state index contributed by atoms with van der Waals surface area (Å²) < 4.78 is 5.77. The van der Waals surface area contributed by atoms with Crippen molar-refractivity contribution in [3.63, 3.8) is 0 Å². The number of halogens is 1. The summed E-state index contributed by atoms with van der Waals surface area (Å²) in [7, 11) is 0. The number of unbranched alkanes of at least 4 members (excludes halogenated alkanes) is 1. The first-order chi connectivity index (χ1) is 20.2. The fourth-order valence-corrected chi connectivity index (χ4v) is 6.67. The highest BCUT2D eigenvalue weighted by Gasteiger charge is 2.55. The molecule has 10 nitrogen and oxygen atoms in total. The number of phenols is 1. The number of carboxylic acids is 1. The van der Waals surface area contributed by atoms with Gasteiger partial charge in [-0.2, -0.15) is 0 Å². The Morgan fingerprint density at radius 3 is 2.33 bits per heavy atom. The average Bonchev–Trinajstić information content (AvgIpc) is 3.52. The Bertz CT molecular complexity index is 1290. The van der Waals surface area contributed by atoms with E-state index in [4.69, 9.17) is 9.84 Å². The van der Waals surface area contributed by atoms with Crippen LogP contribution in [0, 0.1) is 5.92 Å². The molecule has 1 aliphatic carbocycles. The van der Waals surface area contributed by atoms with Crippen molar-refractivity contribution in [3.8, 4) is 17.2 Å². The number of aliphatic hydroxyl groups excluding tert-OH is 1. The van der Waals surface area contributed by atoms with Gasteiger partial charge in [-0.05, 0) is 67.9 Å². The van der Waals surface area contributed by atoms with Crippen LogP contribution in [0.1, 0.15) is 74.2 Å². The number of piperazine rings is 1. The Labute approximate surface area is 258 Å². The minimum Gasteiger partial charge on any atom is -0.507 e. The van der Waals surface area contributed by atoms with Crippen molar-refractivity contribution in [2.24, 2.45) is 5.92 Å². The van der Waals surface area contributed by atoms with Crippen molar-refractivity contribution in [1.82, 2.24) is 15.1 Å². The highest BCUT2D eigenvalue weighted by atomic mass is 35.5. The van der Waals surface area contributed by atoms with Gasteiger partial charge in [0.25, 0.3) is 0 Å². The van der Waals surface area contributed by atoms with Gasteiger partial charge in [0.15, 0.2) is 0 Å². The van der Waals surface area contributed by atoms with E-state index in [0.717, 1.165) is 44.1 Å². The molecule has 11 heteroatoms. The first-order valence-electron chi connectivity index (χ1n) is 15.1. The highest BCUT2D eigenvalue weighted by Crippen LogP contribution is 2.37. The van der Waals surface area contributed by atoms with Crippen LogP contribution in [-0.4, -0.2) is 80.2 Å². The fraction of sp³-hybridized carbons (Fsp3) is 0.531. The minimum atomic E-state index is -1.21. The first-order valence-corrected chi connectivity index (χ1v) is 15.1. The Kier molecular flexibility index (Phi) is 10.6. The number of nitrogens with one attached hydrogen (secondary N) is 1. The fourth-order valence-electron chi connectivity index (χ4n) is 6.67. The standard InChI is InChI=1S/C32H41N3O7.ClH/c1-2-3-16-35-29(38)27(28(37)22-6-4-5-7-22)33-31(41)32(35)14-17-34(18-15-32)20-21-8-10-23(11-9-21)42-24-12-13-25(30(39)40)26(36)19-24;/h8-13,19,22,27-28,36-37H,2-7,14-18,20H2,1H3,(H,33,41)(H,39,40);1H/t27-,28-;/m1./s1. The summed E-state index contributed by atoms with van der Waals surface area (Å²) >= 11 is 0. The summed E-state index contributed by atoms with van der Waals surface area (Å²) in [6.07, 6.45) is 5.87. The summed E-state index contributed by atoms with van der Waals surface area (Å²) in [4.78, 5) is 42.6. The monoisotopic (exact) mass is 615 g/mol. The maximum absolute atomic E-state index is 13.7. The lowest BCUT2D eigenvalue weighted by atomic mass is 9.80. The number of carbonyl (C=O) groups is 3. The summed E-state index contributed by atoms with van der Waals surface area (Å²) in [5.41, 5.74) is -0.00569. The van der Waals surface area contributed by atoms with Gasteiger partial charge < -0.3 is 30.3 Å². The van der Waals surface area contributed by atoms with E-state index in [9.17, 15) is 24.6 Å². The number of aromatic carboxylic acids is 1. The number of benzene rings is 2. The zero-order valence-electron chi connectivity index (χ0n) is 24.5. The number of likely N-dealkylation sites (tertiary alicyclic amines) is 1. The lowest BCUT2D eigenvalue weighted by Crippen LogP contribution is -2.75. The number of hydrogen-bond acceptors (Lipinski definition) is 7. The number of carbonyl (C=O) groups excluding carboxylic acids is 2. The third-order valence-corrected chi connectivity index (χ3v) is 9.17. The molecule has 2 aromatic carbocycles. The van der Waals surface area contributed by atoms with Crippen molar-refractivity contribution >= 4 is 30.2 Å². The third kappa shape index (κ3) is 6.92. The molecular weight excluding hydrogens is 574 g/mol. The van der Waals surface area contributed by atoms with Gasteiger partial charge in [0.2, 0.25) is 11.8 Å². The van der Waals surface area contributed by atoms with Crippen LogP contribution >= 0.6 is 12.4 Å². The van der Waals surface area contributed by atoms with Crippen LogP contribution in [-0.2, 0) is 16.1 Å². The average molecular weight is 616 g/mol. The molecule has 234 valence electrons. The van der Waals surface area contributed by atoms with Gasteiger partial charge in [-0.1, -0.05) is 38.3 Å². The van der Waals surface area contributed by atoms with E-state index >= 15 is 0 Å². The second-order valence-corrected chi connectivity index (χ2v) is 11.9. The van der Waals surface area contributed by atoms with Gasteiger partial charge in [-0.15, -0.1) is 12.4 Å². The number of amides is 2. The zero-order valence-corrected chi connectivity index (χ0v) is 25.4. The second-order valence-electron chi connectivity index (χ2n) is 11.9. The molecule has 3 fully saturated rings. The van der Waals surface area contributed by atoms with Gasteiger partial charge in [-0.25, -0.2) is 4.79 Å². The zero-order chi connectivity index (χ0) is 29.9. The molecular formula is C32H42ClN3O7. The number of carboxylic acid groups (broad SMARTS) is 1. The van der Waals surface area contributed by atoms with E-state index in [1.54, 1.807) is 4.90 Å². The Morgan fingerprint density at radius 1 is 1.07 bits per heavy atom. The molecule has 4 N–H and O–H groups in total. The van der Waals surface area contributed by atoms with Crippen molar-refractivity contribution < 1.29 is 34.4 Å². The first kappa shape index (κ1) is 32.6. The molecule has 0 radical (unpaired) electrons. The molecule has 2 aliphatic heterocycles. The number of hydrogen-bond donors (Lipinski definition) is 4. The van der Waals surface area contributed by atoms with E-state index in [1.165, 1.54) is 18.2 Å². The topological polar surface area (TPSA) is 140 Å². The molecule has 2 atom stereocenters. The summed E-state index contributed by atoms with van der Waals surface area (Å²) in [6.45, 7) is 4.59. The summed E-state index contributed by atoms with van der Waals surface area (Å²) in [5.74, 6) is -0.902. The molecule has 3 aliphatic rings. The predicted octanol–water partition coefficient (Wildman–Crippen LogP) is 4.32. The lowest BCUT2D eigenvalue weighted by Gasteiger charge is -2.52. The normalized spacial score (nSPS) is 21.3. The highest BCUT2D eigenvalue weighted by molar-refractivity contribution is 6.00. The second kappa shape index (κ2) is 14.0. The molecule has 43 heavy (non-hydrogen) atoms. The molecule has 2 saturated heterocycles. The smallest absolute Gasteiger partial charge is 0.339 e. The van der Waals surface area contributed by atoms with Gasteiger partial charge in [0.1, 0.15) is 34.4 Å². The number of aromatic hydroxyl groups is 1. The van der Waals surface area contributed by atoms with Gasteiger partial charge in [0, 0.05) is 32.2 Å². The van der Waals surface area contributed by atoms with E-state index in [1.807, 2.05) is 24.3 Å². The predicted molar refractivity (Wildman–Crippen MR) is 163 cm³/mol. The molecule has 0 bridgehead atoms. The Balaban J connectivity index is 0.00000423. The number of rotatable bonds is 10. The molecule has 1 spiro atoms. The summed E-state index contributed by atoms with van der Waals surface area (Å²) in [6, 6.07) is 10.7. The van der Waals surface area contributed by atoms with E-state index in [0.29, 0.717) is 50.5 Å². The third-order valence-electron chi connectivity index (χ3n) is 9.17. The van der Waals surface area contributed by atoms with Crippen LogP contribution in [0.4, 0.5) is 0 Å². The Morgan fingerprint density at radius 2 is 1.72 bits per heavy atom. The summed E-state index contributed by atoms with van der Waals surface area (Å²) in [5, 5.41) is 33.0. The molecule has 2 amide bonds. The van der Waals surface area contributed by atoms with Crippen LogP contribution in [0.2, 0.25) is 0 Å². The van der Waals surface area contributed by atoms with Crippen LogP contribution in [0.3, 0.4) is 0 Å². The molecule has 2 heterocycles. The molecule has 0 unspecified atom stereocenters. The van der Waals surface area contributed by atoms with Crippen LogP contribution in [0.15, 0.2) is 42.5 Å². The number of ether oxygens (including phenoxy) is 1. The quantitative estimate of drug-likeness (QED) is 0.310. The maximum Gasteiger partial charge on any atom is 0.339 e. The van der Waals surface area contributed by atoms with Crippen LogP contribution in [0.5, 0.6) is 17.2 Å². The largest absolute Gasteiger partial charge is 0.507 e. The van der Waals surface area contributed by atoms with E-state index < -0.39 is 23.7 Å². The van der Waals surface area contributed by atoms with Crippen molar-refractivity contribution in [2.45, 2.75) is 82.5 Å². The number of piperidine rings is 1. The molecule has 1 saturated carbocycles. The molecule has 0 aromatic heterocycles.